The van der Waals surface area contributed by atoms with Crippen LogP contribution in [0.2, 0.25) is 0 Å². The van der Waals surface area contributed by atoms with Crippen molar-refractivity contribution >= 4 is 21.7 Å². The van der Waals surface area contributed by atoms with E-state index in [9.17, 15) is 0 Å². The molecule has 0 fully saturated rings. The van der Waals surface area contributed by atoms with Gasteiger partial charge in [0.1, 0.15) is 5.82 Å². The summed E-state index contributed by atoms with van der Waals surface area (Å²) in [5.41, 5.74) is 0.951. The van der Waals surface area contributed by atoms with Gasteiger partial charge >= 0.3 is 0 Å². The Morgan fingerprint density at radius 2 is 2.00 bits per heavy atom. The molecule has 0 amide bonds. The number of furan rings is 1. The maximum atomic E-state index is 5.53. The zero-order chi connectivity index (χ0) is 14.0. The SMILES string of the molecule is CCNc1cc(C(C)(C)C)nc(-c2ccc(Br)o2)n1. The van der Waals surface area contributed by atoms with Crippen LogP contribution in [0.25, 0.3) is 11.6 Å². The summed E-state index contributed by atoms with van der Waals surface area (Å²) in [7, 11) is 0. The second kappa shape index (κ2) is 5.33. The van der Waals surface area contributed by atoms with Crippen LogP contribution in [0.4, 0.5) is 5.82 Å². The Morgan fingerprint density at radius 3 is 2.53 bits per heavy atom. The first kappa shape index (κ1) is 14.1. The summed E-state index contributed by atoms with van der Waals surface area (Å²) in [6.45, 7) is 9.26. The Labute approximate surface area is 121 Å². The number of nitrogens with zero attached hydrogens (tertiary/aromatic N) is 2. The summed E-state index contributed by atoms with van der Waals surface area (Å²) < 4.78 is 6.21. The lowest BCUT2D eigenvalue weighted by Crippen LogP contribution is -2.15. The summed E-state index contributed by atoms with van der Waals surface area (Å²) in [5, 5.41) is 3.23. The molecule has 2 heterocycles. The molecule has 0 spiro atoms. The van der Waals surface area contributed by atoms with Crippen LogP contribution in [0.15, 0.2) is 27.3 Å². The average molecular weight is 324 g/mol. The lowest BCUT2D eigenvalue weighted by Gasteiger charge is -2.19. The number of nitrogens with one attached hydrogen (secondary N) is 1. The van der Waals surface area contributed by atoms with Crippen LogP contribution in [0, 0.1) is 0 Å². The van der Waals surface area contributed by atoms with E-state index >= 15 is 0 Å². The zero-order valence-electron chi connectivity index (χ0n) is 11.6. The smallest absolute Gasteiger partial charge is 0.197 e. The van der Waals surface area contributed by atoms with Gasteiger partial charge in [0.15, 0.2) is 16.3 Å². The van der Waals surface area contributed by atoms with Crippen LogP contribution in [0.1, 0.15) is 33.4 Å². The lowest BCUT2D eigenvalue weighted by atomic mass is 9.92. The van der Waals surface area contributed by atoms with E-state index in [0.29, 0.717) is 16.3 Å². The van der Waals surface area contributed by atoms with Crippen molar-refractivity contribution in [1.29, 1.82) is 0 Å². The number of hydrogen-bond acceptors (Lipinski definition) is 4. The second-order valence-electron chi connectivity index (χ2n) is 5.35. The predicted octanol–water partition coefficient (Wildman–Crippen LogP) is 4.23. The molecule has 0 saturated heterocycles. The normalized spacial score (nSPS) is 11.6. The molecule has 2 aromatic heterocycles. The van der Waals surface area contributed by atoms with Crippen LogP contribution in [-0.2, 0) is 5.41 Å². The van der Waals surface area contributed by atoms with Crippen molar-refractivity contribution in [2.45, 2.75) is 33.1 Å². The summed E-state index contributed by atoms with van der Waals surface area (Å²) in [6.07, 6.45) is 0. The Kier molecular flexibility index (Phi) is 3.94. The van der Waals surface area contributed by atoms with Gasteiger partial charge in [-0.3, -0.25) is 0 Å². The third-order valence-electron chi connectivity index (χ3n) is 2.65. The van der Waals surface area contributed by atoms with Gasteiger partial charge in [-0.1, -0.05) is 20.8 Å². The average Bonchev–Trinajstić information content (AvgIpc) is 2.75. The quantitative estimate of drug-likeness (QED) is 0.918. The van der Waals surface area contributed by atoms with Crippen molar-refractivity contribution in [2.75, 3.05) is 11.9 Å². The Balaban J connectivity index is 2.51. The highest BCUT2D eigenvalue weighted by Gasteiger charge is 2.19. The summed E-state index contributed by atoms with van der Waals surface area (Å²) in [4.78, 5) is 9.09. The monoisotopic (exact) mass is 323 g/mol. The fourth-order valence-electron chi connectivity index (χ4n) is 1.65. The maximum absolute atomic E-state index is 5.53. The Hall–Kier alpha value is -1.36. The van der Waals surface area contributed by atoms with Gasteiger partial charge in [-0.05, 0) is 35.0 Å². The Morgan fingerprint density at radius 1 is 1.26 bits per heavy atom. The van der Waals surface area contributed by atoms with Gasteiger partial charge in [0.25, 0.3) is 0 Å². The molecule has 0 aromatic carbocycles. The molecule has 0 unspecified atom stereocenters. The Bertz CT molecular complexity index is 572. The van der Waals surface area contributed by atoms with Crippen molar-refractivity contribution in [3.63, 3.8) is 0 Å². The molecular weight excluding hydrogens is 306 g/mol. The molecule has 2 rings (SSSR count). The van der Waals surface area contributed by atoms with Crippen molar-refractivity contribution in [3.05, 3.63) is 28.6 Å². The number of anilines is 1. The van der Waals surface area contributed by atoms with E-state index in [1.807, 2.05) is 25.1 Å². The van der Waals surface area contributed by atoms with Crippen LogP contribution in [0.3, 0.4) is 0 Å². The molecule has 0 atom stereocenters. The van der Waals surface area contributed by atoms with Crippen LogP contribution >= 0.6 is 15.9 Å². The minimum atomic E-state index is -0.0360. The minimum absolute atomic E-state index is 0.0360. The van der Waals surface area contributed by atoms with Gasteiger partial charge in [0, 0.05) is 18.0 Å². The van der Waals surface area contributed by atoms with Crippen LogP contribution in [0.5, 0.6) is 0 Å². The summed E-state index contributed by atoms with van der Waals surface area (Å²) in [6, 6.07) is 5.70. The highest BCUT2D eigenvalue weighted by Crippen LogP contribution is 2.27. The van der Waals surface area contributed by atoms with E-state index in [1.165, 1.54) is 0 Å². The molecule has 4 nitrogen and oxygen atoms in total. The van der Waals surface area contributed by atoms with Crippen molar-refractivity contribution in [3.8, 4) is 11.6 Å². The molecule has 0 radical (unpaired) electrons. The maximum Gasteiger partial charge on any atom is 0.197 e. The van der Waals surface area contributed by atoms with Crippen molar-refractivity contribution < 1.29 is 4.42 Å². The highest BCUT2D eigenvalue weighted by atomic mass is 79.9. The van der Waals surface area contributed by atoms with E-state index in [-0.39, 0.29) is 5.41 Å². The van der Waals surface area contributed by atoms with Gasteiger partial charge in [0.2, 0.25) is 0 Å². The third kappa shape index (κ3) is 3.35. The largest absolute Gasteiger partial charge is 0.446 e. The van der Waals surface area contributed by atoms with Crippen molar-refractivity contribution in [1.82, 2.24) is 9.97 Å². The predicted molar refractivity (Wildman–Crippen MR) is 80.3 cm³/mol. The van der Waals surface area contributed by atoms with E-state index < -0.39 is 0 Å². The van der Waals surface area contributed by atoms with Crippen LogP contribution < -0.4 is 5.32 Å². The molecular formula is C14H18BrN3O. The van der Waals surface area contributed by atoms with Crippen molar-refractivity contribution in [2.24, 2.45) is 0 Å². The lowest BCUT2D eigenvalue weighted by molar-refractivity contribution is 0.543. The van der Waals surface area contributed by atoms with Gasteiger partial charge in [-0.25, -0.2) is 9.97 Å². The van der Waals surface area contributed by atoms with Gasteiger partial charge < -0.3 is 9.73 Å². The second-order valence-corrected chi connectivity index (χ2v) is 6.13. The first-order chi connectivity index (χ1) is 8.90. The highest BCUT2D eigenvalue weighted by molar-refractivity contribution is 9.10. The molecule has 1 N–H and O–H groups in total. The summed E-state index contributed by atoms with van der Waals surface area (Å²) in [5.74, 6) is 2.09. The molecule has 5 heteroatoms. The molecule has 2 aromatic rings. The van der Waals surface area contributed by atoms with Crippen LogP contribution in [-0.4, -0.2) is 16.5 Å². The number of halogens is 1. The fraction of sp³-hybridized carbons (Fsp3) is 0.429. The van der Waals surface area contributed by atoms with E-state index in [0.717, 1.165) is 18.1 Å². The fourth-order valence-corrected chi connectivity index (χ4v) is 1.95. The molecule has 0 aliphatic rings. The van der Waals surface area contributed by atoms with E-state index in [4.69, 9.17) is 4.42 Å². The first-order valence-corrected chi connectivity index (χ1v) is 7.08. The standard InChI is InChI=1S/C14H18BrN3O/c1-5-16-12-8-10(14(2,3)4)17-13(18-12)9-6-7-11(15)19-9/h6-8H,5H2,1-4H3,(H,16,17,18). The molecule has 19 heavy (non-hydrogen) atoms. The van der Waals surface area contributed by atoms with E-state index in [2.05, 4.69) is 52.0 Å². The first-order valence-electron chi connectivity index (χ1n) is 6.29. The molecule has 102 valence electrons. The minimum Gasteiger partial charge on any atom is -0.446 e. The zero-order valence-corrected chi connectivity index (χ0v) is 13.2. The number of rotatable bonds is 3. The van der Waals surface area contributed by atoms with Gasteiger partial charge in [-0.15, -0.1) is 0 Å². The van der Waals surface area contributed by atoms with Gasteiger partial charge in [0.05, 0.1) is 5.69 Å². The third-order valence-corrected chi connectivity index (χ3v) is 3.07. The number of aromatic nitrogens is 2. The molecule has 0 aliphatic carbocycles. The van der Waals surface area contributed by atoms with E-state index in [1.54, 1.807) is 0 Å². The van der Waals surface area contributed by atoms with Gasteiger partial charge in [-0.2, -0.15) is 0 Å². The number of hydrogen-bond donors (Lipinski definition) is 1. The molecule has 0 bridgehead atoms. The molecule has 0 saturated carbocycles. The molecule has 0 aliphatic heterocycles. The topological polar surface area (TPSA) is 51.0 Å². The summed E-state index contributed by atoms with van der Waals surface area (Å²) >= 11 is 3.30.